The van der Waals surface area contributed by atoms with Gasteiger partial charge in [-0.15, -0.1) is 5.56 Å². The van der Waals surface area contributed by atoms with Gasteiger partial charge in [0.2, 0.25) is 0 Å². The molecule has 85 valence electrons. The Labute approximate surface area is 123 Å². The van der Waals surface area contributed by atoms with E-state index >= 15 is 0 Å². The standard InChI is InChI=1S/C13H18NO.Y/c1-2-11-3-4-13(14-10-11)9-12-5-7-15-8-6-12;/h4,10,12H,2,5-9H2,1H3;/q-1;. The fourth-order valence-corrected chi connectivity index (χ4v) is 1.96. The number of nitrogens with zero attached hydrogens (tertiary/aromatic N) is 1. The summed E-state index contributed by atoms with van der Waals surface area (Å²) in [6, 6.07) is 5.33. The third-order valence-electron chi connectivity index (χ3n) is 3.03. The number of pyridine rings is 1. The number of rotatable bonds is 3. The summed E-state index contributed by atoms with van der Waals surface area (Å²) in [6.07, 6.45) is 6.41. The predicted octanol–water partition coefficient (Wildman–Crippen LogP) is 2.41. The fourth-order valence-electron chi connectivity index (χ4n) is 1.96. The van der Waals surface area contributed by atoms with Crippen molar-refractivity contribution in [2.24, 2.45) is 5.92 Å². The van der Waals surface area contributed by atoms with Crippen molar-refractivity contribution < 1.29 is 37.4 Å². The number of aryl methyl sites for hydroxylation is 1. The largest absolute Gasteiger partial charge is 0.387 e. The van der Waals surface area contributed by atoms with E-state index < -0.39 is 0 Å². The Bertz CT molecular complexity index is 293. The van der Waals surface area contributed by atoms with E-state index in [0.717, 1.165) is 32.0 Å². The first-order valence-corrected chi connectivity index (χ1v) is 5.81. The Balaban J connectivity index is 0.00000128. The fraction of sp³-hybridized carbons (Fsp3) is 0.615. The van der Waals surface area contributed by atoms with Crippen LogP contribution in [0.1, 0.15) is 31.0 Å². The maximum Gasteiger partial charge on any atom is 0.0468 e. The molecule has 0 atom stereocenters. The second-order valence-corrected chi connectivity index (χ2v) is 4.18. The Morgan fingerprint density at radius 1 is 1.44 bits per heavy atom. The van der Waals surface area contributed by atoms with Gasteiger partial charge in [-0.05, 0) is 18.8 Å². The van der Waals surface area contributed by atoms with Gasteiger partial charge < -0.3 is 9.72 Å². The molecule has 0 amide bonds. The maximum absolute atomic E-state index is 5.35. The Morgan fingerprint density at radius 2 is 2.19 bits per heavy atom. The van der Waals surface area contributed by atoms with Crippen LogP contribution in [-0.4, -0.2) is 18.2 Å². The molecule has 1 radical (unpaired) electrons. The molecule has 2 rings (SSSR count). The van der Waals surface area contributed by atoms with Crippen LogP contribution in [0.4, 0.5) is 0 Å². The van der Waals surface area contributed by atoms with Crippen molar-refractivity contribution in [3.63, 3.8) is 0 Å². The van der Waals surface area contributed by atoms with Crippen LogP contribution < -0.4 is 0 Å². The molecular formula is C13H18NOY-. The maximum atomic E-state index is 5.35. The van der Waals surface area contributed by atoms with E-state index in [2.05, 4.69) is 18.0 Å². The minimum absolute atomic E-state index is 0. The molecule has 3 heteroatoms. The minimum atomic E-state index is 0. The monoisotopic (exact) mass is 293 g/mol. The summed E-state index contributed by atoms with van der Waals surface area (Å²) in [4.78, 5) is 4.47. The molecule has 0 saturated carbocycles. The Kier molecular flexibility index (Phi) is 6.71. The third kappa shape index (κ3) is 4.23. The van der Waals surface area contributed by atoms with Crippen molar-refractivity contribution in [2.45, 2.75) is 32.6 Å². The van der Waals surface area contributed by atoms with Crippen LogP contribution in [0, 0.1) is 12.0 Å². The molecule has 0 aliphatic carbocycles. The van der Waals surface area contributed by atoms with Gasteiger partial charge in [-0.25, -0.2) is 0 Å². The van der Waals surface area contributed by atoms with Crippen molar-refractivity contribution in [3.05, 3.63) is 29.6 Å². The van der Waals surface area contributed by atoms with Crippen molar-refractivity contribution >= 4 is 0 Å². The molecule has 1 fully saturated rings. The van der Waals surface area contributed by atoms with Crippen molar-refractivity contribution in [2.75, 3.05) is 13.2 Å². The van der Waals surface area contributed by atoms with Crippen LogP contribution in [0.15, 0.2) is 12.3 Å². The summed E-state index contributed by atoms with van der Waals surface area (Å²) >= 11 is 0. The van der Waals surface area contributed by atoms with Gasteiger partial charge in [-0.1, -0.05) is 31.7 Å². The molecule has 1 aromatic heterocycles. The molecule has 0 spiro atoms. The smallest absolute Gasteiger partial charge is 0.0468 e. The van der Waals surface area contributed by atoms with E-state index in [1.807, 2.05) is 12.3 Å². The zero-order valence-electron chi connectivity index (χ0n) is 9.91. The van der Waals surface area contributed by atoms with Crippen LogP contribution in [0.3, 0.4) is 0 Å². The number of ether oxygens (including phenoxy) is 1. The number of aromatic nitrogens is 1. The normalized spacial score (nSPS) is 16.8. The topological polar surface area (TPSA) is 22.1 Å². The average molecular weight is 293 g/mol. The molecule has 1 saturated heterocycles. The second kappa shape index (κ2) is 7.52. The molecular weight excluding hydrogens is 275 g/mol. The van der Waals surface area contributed by atoms with E-state index in [1.165, 1.54) is 24.1 Å². The van der Waals surface area contributed by atoms with Gasteiger partial charge in [0.05, 0.1) is 0 Å². The van der Waals surface area contributed by atoms with Gasteiger partial charge in [0.1, 0.15) is 0 Å². The van der Waals surface area contributed by atoms with Gasteiger partial charge in [0, 0.05) is 45.9 Å². The Hall–Kier alpha value is 0.214. The summed E-state index contributed by atoms with van der Waals surface area (Å²) < 4.78 is 5.35. The molecule has 0 bridgehead atoms. The summed E-state index contributed by atoms with van der Waals surface area (Å²) in [5, 5.41) is 0. The first kappa shape index (κ1) is 14.3. The van der Waals surface area contributed by atoms with Gasteiger partial charge >= 0.3 is 0 Å². The summed E-state index contributed by atoms with van der Waals surface area (Å²) in [5.41, 5.74) is 2.38. The Morgan fingerprint density at radius 3 is 2.75 bits per heavy atom. The first-order valence-electron chi connectivity index (χ1n) is 5.81. The van der Waals surface area contributed by atoms with E-state index in [-0.39, 0.29) is 32.7 Å². The van der Waals surface area contributed by atoms with Crippen LogP contribution >= 0.6 is 0 Å². The quantitative estimate of drug-likeness (QED) is 0.798. The van der Waals surface area contributed by atoms with Crippen molar-refractivity contribution in [3.8, 4) is 0 Å². The zero-order valence-corrected chi connectivity index (χ0v) is 12.7. The third-order valence-corrected chi connectivity index (χ3v) is 3.03. The van der Waals surface area contributed by atoms with Gasteiger partial charge in [0.25, 0.3) is 0 Å². The number of hydrogen-bond acceptors (Lipinski definition) is 2. The molecule has 1 aliphatic heterocycles. The number of hydrogen-bond donors (Lipinski definition) is 0. The SMILES string of the molecule is CCc1[c-]cc(CC2CCOCC2)nc1.[Y]. The first-order chi connectivity index (χ1) is 7.38. The molecule has 0 aromatic carbocycles. The summed E-state index contributed by atoms with van der Waals surface area (Å²) in [7, 11) is 0. The van der Waals surface area contributed by atoms with Gasteiger partial charge in [-0.3, -0.25) is 0 Å². The van der Waals surface area contributed by atoms with Crippen molar-refractivity contribution in [1.82, 2.24) is 4.98 Å². The van der Waals surface area contributed by atoms with Crippen LogP contribution in [-0.2, 0) is 50.3 Å². The molecule has 2 nitrogen and oxygen atoms in total. The van der Waals surface area contributed by atoms with Crippen molar-refractivity contribution in [1.29, 1.82) is 0 Å². The van der Waals surface area contributed by atoms with E-state index in [0.29, 0.717) is 0 Å². The van der Waals surface area contributed by atoms with E-state index in [9.17, 15) is 0 Å². The van der Waals surface area contributed by atoms with Gasteiger partial charge in [-0.2, -0.15) is 12.1 Å². The summed E-state index contributed by atoms with van der Waals surface area (Å²) in [6.45, 7) is 3.97. The van der Waals surface area contributed by atoms with E-state index in [4.69, 9.17) is 4.74 Å². The molecule has 1 aliphatic rings. The molecule has 1 aromatic rings. The molecule has 0 unspecified atom stereocenters. The molecule has 0 N–H and O–H groups in total. The molecule has 2 heterocycles. The zero-order chi connectivity index (χ0) is 10.5. The minimum Gasteiger partial charge on any atom is -0.387 e. The molecule has 16 heavy (non-hydrogen) atoms. The van der Waals surface area contributed by atoms with Crippen LogP contribution in [0.2, 0.25) is 0 Å². The summed E-state index contributed by atoms with van der Waals surface area (Å²) in [5.74, 6) is 0.757. The predicted molar refractivity (Wildman–Crippen MR) is 59.7 cm³/mol. The van der Waals surface area contributed by atoms with Gasteiger partial charge in [0.15, 0.2) is 0 Å². The van der Waals surface area contributed by atoms with E-state index in [1.54, 1.807) is 0 Å². The average Bonchev–Trinajstić information content (AvgIpc) is 2.31. The van der Waals surface area contributed by atoms with Crippen LogP contribution in [0.25, 0.3) is 0 Å². The second-order valence-electron chi connectivity index (χ2n) is 4.18. The van der Waals surface area contributed by atoms with Crippen LogP contribution in [0.5, 0.6) is 0 Å².